The van der Waals surface area contributed by atoms with Gasteiger partial charge in [-0.25, -0.2) is 4.98 Å². The summed E-state index contributed by atoms with van der Waals surface area (Å²) in [7, 11) is 2.10. The molecule has 1 aliphatic carbocycles. The highest BCUT2D eigenvalue weighted by molar-refractivity contribution is 7.09. The third-order valence-corrected chi connectivity index (χ3v) is 5.83. The maximum absolute atomic E-state index is 5.00. The van der Waals surface area contributed by atoms with E-state index in [-0.39, 0.29) is 16.4 Å². The lowest BCUT2D eigenvalue weighted by Crippen LogP contribution is -2.53. The summed E-state index contributed by atoms with van der Waals surface area (Å²) in [5.74, 6) is 0. The van der Waals surface area contributed by atoms with Crippen LogP contribution in [0.2, 0.25) is 0 Å². The van der Waals surface area contributed by atoms with Crippen molar-refractivity contribution in [2.24, 2.45) is 5.41 Å². The molecule has 1 fully saturated rings. The van der Waals surface area contributed by atoms with E-state index in [0.29, 0.717) is 0 Å². The minimum atomic E-state index is 0.0550. The molecular formula is C16H28N2S. The van der Waals surface area contributed by atoms with Gasteiger partial charge in [-0.3, -0.25) is 0 Å². The zero-order valence-electron chi connectivity index (χ0n) is 13.3. The Hall–Kier alpha value is -0.410. The molecule has 0 radical (unpaired) electrons. The summed E-state index contributed by atoms with van der Waals surface area (Å²) < 4.78 is 0. The van der Waals surface area contributed by atoms with Gasteiger partial charge >= 0.3 is 0 Å². The molecule has 2 rings (SSSR count). The number of hydrogen-bond donors (Lipinski definition) is 1. The molecule has 1 heterocycles. The van der Waals surface area contributed by atoms with Gasteiger partial charge in [0.1, 0.15) is 5.01 Å². The fourth-order valence-corrected chi connectivity index (χ4v) is 4.75. The molecule has 1 N–H and O–H groups in total. The van der Waals surface area contributed by atoms with E-state index in [1.54, 1.807) is 0 Å². The largest absolute Gasteiger partial charge is 0.308 e. The van der Waals surface area contributed by atoms with Gasteiger partial charge in [0.15, 0.2) is 0 Å². The van der Waals surface area contributed by atoms with Crippen molar-refractivity contribution in [3.05, 3.63) is 16.1 Å². The van der Waals surface area contributed by atoms with Gasteiger partial charge in [0.05, 0.1) is 11.2 Å². The van der Waals surface area contributed by atoms with Gasteiger partial charge in [0, 0.05) is 10.8 Å². The Morgan fingerprint density at radius 3 is 2.32 bits per heavy atom. The second kappa shape index (κ2) is 4.85. The number of rotatable bonds is 2. The average Bonchev–Trinajstić information content (AvgIpc) is 2.78. The first-order valence-electron chi connectivity index (χ1n) is 7.38. The summed E-state index contributed by atoms with van der Waals surface area (Å²) in [5.41, 5.74) is 1.69. The molecule has 108 valence electrons. The van der Waals surface area contributed by atoms with Crippen molar-refractivity contribution < 1.29 is 0 Å². The van der Waals surface area contributed by atoms with Crippen LogP contribution in [-0.2, 0) is 11.0 Å². The molecule has 2 nitrogen and oxygen atoms in total. The summed E-state index contributed by atoms with van der Waals surface area (Å²) in [6.07, 6.45) is 5.12. The van der Waals surface area contributed by atoms with Crippen molar-refractivity contribution in [1.29, 1.82) is 0 Å². The molecular weight excluding hydrogens is 252 g/mol. The Morgan fingerprint density at radius 1 is 1.21 bits per heavy atom. The van der Waals surface area contributed by atoms with E-state index in [4.69, 9.17) is 4.98 Å². The van der Waals surface area contributed by atoms with Crippen molar-refractivity contribution in [2.45, 2.75) is 71.3 Å². The highest BCUT2D eigenvalue weighted by atomic mass is 32.1. The molecule has 1 unspecified atom stereocenters. The highest BCUT2D eigenvalue weighted by Gasteiger charge is 2.48. The monoisotopic (exact) mass is 280 g/mol. The molecule has 1 aromatic rings. The smallest absolute Gasteiger partial charge is 0.114 e. The van der Waals surface area contributed by atoms with E-state index in [1.165, 1.54) is 36.4 Å². The van der Waals surface area contributed by atoms with Crippen LogP contribution in [0.5, 0.6) is 0 Å². The molecule has 1 saturated carbocycles. The Balaban J connectivity index is 2.44. The van der Waals surface area contributed by atoms with Crippen LogP contribution in [0.3, 0.4) is 0 Å². The minimum absolute atomic E-state index is 0.0550. The Bertz CT molecular complexity index is 442. The number of nitrogens with zero attached hydrogens (tertiary/aromatic N) is 1. The van der Waals surface area contributed by atoms with Crippen LogP contribution in [0.25, 0.3) is 0 Å². The van der Waals surface area contributed by atoms with Crippen LogP contribution in [0.15, 0.2) is 5.38 Å². The molecule has 1 aliphatic rings. The maximum atomic E-state index is 5.00. The summed E-state index contributed by atoms with van der Waals surface area (Å²) >= 11 is 1.84. The summed E-state index contributed by atoms with van der Waals surface area (Å²) in [5, 5.41) is 7.17. The fourth-order valence-electron chi connectivity index (χ4n) is 3.29. The van der Waals surface area contributed by atoms with Crippen molar-refractivity contribution in [1.82, 2.24) is 10.3 Å². The normalized spacial score (nSPS) is 27.5. The minimum Gasteiger partial charge on any atom is -0.308 e. The van der Waals surface area contributed by atoms with Crippen molar-refractivity contribution >= 4 is 11.3 Å². The Labute approximate surface area is 122 Å². The van der Waals surface area contributed by atoms with Crippen molar-refractivity contribution in [3.63, 3.8) is 0 Å². The lowest BCUT2D eigenvalue weighted by molar-refractivity contribution is 0.0664. The second-order valence-electron chi connectivity index (χ2n) is 7.53. The van der Waals surface area contributed by atoms with Crippen LogP contribution in [0.4, 0.5) is 0 Å². The Morgan fingerprint density at radius 2 is 1.84 bits per heavy atom. The van der Waals surface area contributed by atoms with Gasteiger partial charge in [-0.2, -0.15) is 0 Å². The number of hydrogen-bond acceptors (Lipinski definition) is 3. The molecule has 0 amide bonds. The lowest BCUT2D eigenvalue weighted by Gasteiger charge is -2.49. The van der Waals surface area contributed by atoms with Gasteiger partial charge in [0.2, 0.25) is 0 Å². The molecule has 1 atom stereocenters. The first kappa shape index (κ1) is 15.0. The van der Waals surface area contributed by atoms with Gasteiger partial charge in [-0.05, 0) is 25.3 Å². The van der Waals surface area contributed by atoms with E-state index in [2.05, 4.69) is 52.4 Å². The van der Waals surface area contributed by atoms with Crippen LogP contribution in [0, 0.1) is 5.41 Å². The van der Waals surface area contributed by atoms with Gasteiger partial charge < -0.3 is 5.32 Å². The fraction of sp³-hybridized carbons (Fsp3) is 0.812. The molecule has 0 aliphatic heterocycles. The third-order valence-electron chi connectivity index (χ3n) is 4.82. The molecule has 1 aromatic heterocycles. The zero-order chi connectivity index (χ0) is 14.3. The maximum Gasteiger partial charge on any atom is 0.114 e. The van der Waals surface area contributed by atoms with Crippen molar-refractivity contribution in [2.75, 3.05) is 7.05 Å². The predicted octanol–water partition coefficient (Wildman–Crippen LogP) is 4.46. The van der Waals surface area contributed by atoms with Crippen molar-refractivity contribution in [3.8, 4) is 0 Å². The highest BCUT2D eigenvalue weighted by Crippen LogP contribution is 2.50. The number of nitrogens with one attached hydrogen (secondary N) is 1. The molecule has 0 saturated heterocycles. The van der Waals surface area contributed by atoms with Crippen LogP contribution in [-0.4, -0.2) is 12.0 Å². The zero-order valence-corrected chi connectivity index (χ0v) is 14.1. The van der Waals surface area contributed by atoms with Gasteiger partial charge in [-0.15, -0.1) is 11.3 Å². The average molecular weight is 280 g/mol. The first-order chi connectivity index (χ1) is 8.73. The molecule has 19 heavy (non-hydrogen) atoms. The lowest BCUT2D eigenvalue weighted by atomic mass is 9.63. The van der Waals surface area contributed by atoms with E-state index in [0.717, 1.165) is 0 Å². The number of thiazole rings is 1. The third kappa shape index (κ3) is 2.47. The number of aromatic nitrogens is 1. The van der Waals surface area contributed by atoms with Crippen LogP contribution in [0.1, 0.15) is 71.0 Å². The topological polar surface area (TPSA) is 24.9 Å². The molecule has 0 spiro atoms. The van der Waals surface area contributed by atoms with Crippen LogP contribution < -0.4 is 5.32 Å². The second-order valence-corrected chi connectivity index (χ2v) is 8.39. The van der Waals surface area contributed by atoms with Gasteiger partial charge in [-0.1, -0.05) is 47.5 Å². The molecule has 0 bridgehead atoms. The summed E-state index contributed by atoms with van der Waals surface area (Å²) in [6.45, 7) is 11.5. The predicted molar refractivity (Wildman–Crippen MR) is 83.8 cm³/mol. The van der Waals surface area contributed by atoms with Gasteiger partial charge in [0.25, 0.3) is 0 Å². The van der Waals surface area contributed by atoms with Crippen LogP contribution >= 0.6 is 11.3 Å². The standard InChI is InChI=1S/C16H28N2S/c1-14(2,3)12-11-19-13(18-12)16(17-6)10-8-7-9-15(16,4)5/h11,17H,7-10H2,1-6H3. The molecule has 3 heteroatoms. The van der Waals surface area contributed by atoms with E-state index in [9.17, 15) is 0 Å². The quantitative estimate of drug-likeness (QED) is 0.865. The van der Waals surface area contributed by atoms with E-state index >= 15 is 0 Å². The first-order valence-corrected chi connectivity index (χ1v) is 8.26. The van der Waals surface area contributed by atoms with E-state index in [1.807, 2.05) is 11.3 Å². The SMILES string of the molecule is CNC1(c2nc(C(C)(C)C)cs2)CCCCC1(C)C. The summed E-state index contributed by atoms with van der Waals surface area (Å²) in [4.78, 5) is 5.00. The Kier molecular flexibility index (Phi) is 3.83. The van der Waals surface area contributed by atoms with E-state index < -0.39 is 0 Å². The molecule has 0 aromatic carbocycles. The summed E-state index contributed by atoms with van der Waals surface area (Å²) in [6, 6.07) is 0.